The van der Waals surface area contributed by atoms with Gasteiger partial charge in [-0.2, -0.15) is 0 Å². The summed E-state index contributed by atoms with van der Waals surface area (Å²) in [5, 5.41) is 0. The van der Waals surface area contributed by atoms with E-state index in [4.69, 9.17) is 4.74 Å². The van der Waals surface area contributed by atoms with Crippen molar-refractivity contribution in [1.29, 1.82) is 0 Å². The van der Waals surface area contributed by atoms with Gasteiger partial charge in [0.2, 0.25) is 0 Å². The van der Waals surface area contributed by atoms with Gasteiger partial charge in [-0.15, -0.1) is 0 Å². The molecule has 0 bridgehead atoms. The van der Waals surface area contributed by atoms with E-state index in [1.54, 1.807) is 0 Å². The van der Waals surface area contributed by atoms with Crippen molar-refractivity contribution in [3.63, 3.8) is 0 Å². The van der Waals surface area contributed by atoms with Crippen LogP contribution < -0.4 is 4.74 Å². The number of hydrogen-bond donors (Lipinski definition) is 0. The minimum Gasteiger partial charge on any atom is -0.457 e. The van der Waals surface area contributed by atoms with E-state index in [2.05, 4.69) is 38.1 Å². The molecule has 2 rings (SSSR count). The third kappa shape index (κ3) is 4.63. The average molecular weight is 252 g/mol. The molecule has 0 aliphatic heterocycles. The number of benzene rings is 2. The largest absolute Gasteiger partial charge is 0.457 e. The molecule has 1 nitrogen and oxygen atoms in total. The molecule has 0 spiro atoms. The fraction of sp³-hybridized carbons (Fsp3) is 0.222. The SMILES string of the molecule is CC(C)C/C=C\c1ccc(Oc2ccccc2)cc1. The lowest BCUT2D eigenvalue weighted by molar-refractivity contribution is 0.482. The number of allylic oxidation sites excluding steroid dienone is 1. The van der Waals surface area contributed by atoms with E-state index in [0.717, 1.165) is 17.9 Å². The Hall–Kier alpha value is -2.02. The summed E-state index contributed by atoms with van der Waals surface area (Å²) in [5.74, 6) is 2.44. The standard InChI is InChI=1S/C18H20O/c1-15(2)7-6-8-16-11-13-18(14-12-16)19-17-9-4-3-5-10-17/h3-6,8-15H,7H2,1-2H3/b8-6-. The average Bonchev–Trinajstić information content (AvgIpc) is 2.42. The lowest BCUT2D eigenvalue weighted by Crippen LogP contribution is -1.84. The summed E-state index contributed by atoms with van der Waals surface area (Å²) >= 11 is 0. The minimum atomic E-state index is 0.705. The van der Waals surface area contributed by atoms with Gasteiger partial charge in [-0.1, -0.05) is 56.3 Å². The lowest BCUT2D eigenvalue weighted by atomic mass is 10.1. The number of rotatable bonds is 5. The van der Waals surface area contributed by atoms with Crippen molar-refractivity contribution in [1.82, 2.24) is 0 Å². The molecule has 0 radical (unpaired) electrons. The monoisotopic (exact) mass is 252 g/mol. The van der Waals surface area contributed by atoms with E-state index >= 15 is 0 Å². The van der Waals surface area contributed by atoms with Crippen molar-refractivity contribution in [2.75, 3.05) is 0 Å². The highest BCUT2D eigenvalue weighted by atomic mass is 16.5. The lowest BCUT2D eigenvalue weighted by Gasteiger charge is -2.05. The zero-order valence-electron chi connectivity index (χ0n) is 11.5. The van der Waals surface area contributed by atoms with Crippen LogP contribution in [0, 0.1) is 5.92 Å². The number of para-hydroxylation sites is 1. The van der Waals surface area contributed by atoms with Gasteiger partial charge in [-0.05, 0) is 42.2 Å². The molecule has 1 heteroatoms. The molecular formula is C18H20O. The quantitative estimate of drug-likeness (QED) is 0.679. The van der Waals surface area contributed by atoms with Crippen LogP contribution in [0.2, 0.25) is 0 Å². The summed E-state index contributed by atoms with van der Waals surface area (Å²) in [4.78, 5) is 0. The zero-order valence-corrected chi connectivity index (χ0v) is 11.5. The van der Waals surface area contributed by atoms with Crippen molar-refractivity contribution in [2.45, 2.75) is 20.3 Å². The second-order valence-corrected chi connectivity index (χ2v) is 5.02. The van der Waals surface area contributed by atoms with Crippen molar-refractivity contribution < 1.29 is 4.74 Å². The number of ether oxygens (including phenoxy) is 1. The molecule has 2 aromatic carbocycles. The maximum atomic E-state index is 5.75. The summed E-state index contributed by atoms with van der Waals surface area (Å²) in [5.41, 5.74) is 1.21. The van der Waals surface area contributed by atoms with Gasteiger partial charge in [-0.3, -0.25) is 0 Å². The van der Waals surface area contributed by atoms with Crippen molar-refractivity contribution in [2.24, 2.45) is 5.92 Å². The first kappa shape index (κ1) is 13.4. The van der Waals surface area contributed by atoms with Gasteiger partial charge < -0.3 is 4.74 Å². The Kier molecular flexibility index (Phi) is 4.79. The van der Waals surface area contributed by atoms with E-state index in [9.17, 15) is 0 Å². The van der Waals surface area contributed by atoms with Gasteiger partial charge in [0, 0.05) is 0 Å². The molecule has 19 heavy (non-hydrogen) atoms. The van der Waals surface area contributed by atoms with E-state index in [1.807, 2.05) is 42.5 Å². The molecule has 0 unspecified atom stereocenters. The molecule has 0 saturated carbocycles. The van der Waals surface area contributed by atoms with Crippen LogP contribution in [0.5, 0.6) is 11.5 Å². The zero-order chi connectivity index (χ0) is 13.5. The normalized spacial score (nSPS) is 11.1. The van der Waals surface area contributed by atoms with Gasteiger partial charge >= 0.3 is 0 Å². The molecule has 0 heterocycles. The van der Waals surface area contributed by atoms with E-state index < -0.39 is 0 Å². The fourth-order valence-electron chi connectivity index (χ4n) is 1.75. The van der Waals surface area contributed by atoms with Gasteiger partial charge in [0.05, 0.1) is 0 Å². The molecule has 0 aliphatic carbocycles. The second-order valence-electron chi connectivity index (χ2n) is 5.02. The van der Waals surface area contributed by atoms with Crippen LogP contribution in [-0.2, 0) is 0 Å². The predicted octanol–water partition coefficient (Wildman–Crippen LogP) is 5.54. The number of hydrogen-bond acceptors (Lipinski definition) is 1. The van der Waals surface area contributed by atoms with Crippen LogP contribution in [0.4, 0.5) is 0 Å². The van der Waals surface area contributed by atoms with Crippen LogP contribution in [0.1, 0.15) is 25.8 Å². The van der Waals surface area contributed by atoms with Gasteiger partial charge in [0.15, 0.2) is 0 Å². The molecule has 0 aliphatic rings. The first-order valence-electron chi connectivity index (χ1n) is 6.73. The van der Waals surface area contributed by atoms with Crippen molar-refractivity contribution in [3.05, 3.63) is 66.2 Å². The molecule has 2 aromatic rings. The minimum absolute atomic E-state index is 0.705. The Morgan fingerprint density at radius 3 is 2.16 bits per heavy atom. The Morgan fingerprint density at radius 2 is 1.53 bits per heavy atom. The van der Waals surface area contributed by atoms with Crippen molar-refractivity contribution >= 4 is 6.08 Å². The van der Waals surface area contributed by atoms with E-state index in [-0.39, 0.29) is 0 Å². The Labute approximate surface area is 115 Å². The van der Waals surface area contributed by atoms with Crippen LogP contribution in [-0.4, -0.2) is 0 Å². The third-order valence-corrected chi connectivity index (χ3v) is 2.78. The first-order chi connectivity index (χ1) is 9.24. The molecule has 98 valence electrons. The molecule has 0 saturated heterocycles. The summed E-state index contributed by atoms with van der Waals surface area (Å²) in [6.07, 6.45) is 5.49. The highest BCUT2D eigenvalue weighted by Crippen LogP contribution is 2.21. The third-order valence-electron chi connectivity index (χ3n) is 2.78. The first-order valence-corrected chi connectivity index (χ1v) is 6.73. The summed E-state index contributed by atoms with van der Waals surface area (Å²) < 4.78 is 5.75. The maximum Gasteiger partial charge on any atom is 0.127 e. The Balaban J connectivity index is 1.97. The van der Waals surface area contributed by atoms with Crippen LogP contribution >= 0.6 is 0 Å². The van der Waals surface area contributed by atoms with Gasteiger partial charge in [-0.25, -0.2) is 0 Å². The molecular weight excluding hydrogens is 232 g/mol. The van der Waals surface area contributed by atoms with Gasteiger partial charge in [0.25, 0.3) is 0 Å². The molecule has 0 aromatic heterocycles. The highest BCUT2D eigenvalue weighted by molar-refractivity contribution is 5.50. The van der Waals surface area contributed by atoms with Crippen LogP contribution in [0.15, 0.2) is 60.7 Å². The topological polar surface area (TPSA) is 9.23 Å². The fourth-order valence-corrected chi connectivity index (χ4v) is 1.75. The van der Waals surface area contributed by atoms with Crippen LogP contribution in [0.3, 0.4) is 0 Å². The van der Waals surface area contributed by atoms with E-state index in [0.29, 0.717) is 5.92 Å². The molecule has 0 N–H and O–H groups in total. The summed E-state index contributed by atoms with van der Waals surface area (Å²) in [7, 11) is 0. The second kappa shape index (κ2) is 6.79. The smallest absolute Gasteiger partial charge is 0.127 e. The van der Waals surface area contributed by atoms with E-state index in [1.165, 1.54) is 5.56 Å². The maximum absolute atomic E-state index is 5.75. The van der Waals surface area contributed by atoms with Crippen LogP contribution in [0.25, 0.3) is 6.08 Å². The Bertz CT molecular complexity index is 509. The highest BCUT2D eigenvalue weighted by Gasteiger charge is 1.96. The summed E-state index contributed by atoms with van der Waals surface area (Å²) in [6, 6.07) is 18.0. The van der Waals surface area contributed by atoms with Gasteiger partial charge in [0.1, 0.15) is 11.5 Å². The Morgan fingerprint density at radius 1 is 0.895 bits per heavy atom. The summed E-state index contributed by atoms with van der Waals surface area (Å²) in [6.45, 7) is 4.45. The van der Waals surface area contributed by atoms with Crippen molar-refractivity contribution in [3.8, 4) is 11.5 Å². The molecule has 0 atom stereocenters. The molecule has 0 amide bonds. The predicted molar refractivity (Wildman–Crippen MR) is 81.4 cm³/mol. The molecule has 0 fully saturated rings.